The number of carbonyl (C=O) groups is 2. The molecule has 2 amide bonds. The summed E-state index contributed by atoms with van der Waals surface area (Å²) >= 11 is 0. The molecule has 30 heavy (non-hydrogen) atoms. The number of Topliss-reactive ketones (excluding diaryl/α,β-unsaturated/α-hetero) is 1. The lowest BCUT2D eigenvalue weighted by molar-refractivity contribution is 0.0876. The summed E-state index contributed by atoms with van der Waals surface area (Å²) in [5.41, 5.74) is 0.462. The first-order chi connectivity index (χ1) is 14.4. The van der Waals surface area contributed by atoms with Gasteiger partial charge in [0.15, 0.2) is 0 Å². The summed E-state index contributed by atoms with van der Waals surface area (Å²) in [6.07, 6.45) is 1.52. The number of hydrogen-bond donors (Lipinski definition) is 1. The second-order valence-corrected chi connectivity index (χ2v) is 7.23. The number of benzene rings is 2. The number of nitrogens with one attached hydrogen (secondary N) is 1. The molecule has 0 aliphatic carbocycles. The van der Waals surface area contributed by atoms with Crippen LogP contribution in [0.4, 0.5) is 13.6 Å². The number of rotatable bonds is 5. The minimum absolute atomic E-state index is 0.114. The van der Waals surface area contributed by atoms with Crippen LogP contribution in [0.2, 0.25) is 0 Å². The van der Waals surface area contributed by atoms with E-state index in [-0.39, 0.29) is 18.0 Å². The lowest BCUT2D eigenvalue weighted by Crippen LogP contribution is -2.42. The number of urea groups is 1. The van der Waals surface area contributed by atoms with Gasteiger partial charge in [-0.3, -0.25) is 9.78 Å². The van der Waals surface area contributed by atoms with E-state index >= 15 is 0 Å². The zero-order valence-electron chi connectivity index (χ0n) is 16.2. The molecule has 0 spiro atoms. The Morgan fingerprint density at radius 2 is 1.57 bits per heavy atom. The molecule has 3 aromatic rings. The fourth-order valence-electron chi connectivity index (χ4n) is 3.76. The minimum Gasteiger partial charge on any atom is -0.323 e. The molecule has 2 heterocycles. The summed E-state index contributed by atoms with van der Waals surface area (Å²) in [6, 6.07) is 15.3. The Morgan fingerprint density at radius 3 is 2.07 bits per heavy atom. The van der Waals surface area contributed by atoms with Crippen molar-refractivity contribution < 1.29 is 18.4 Å². The smallest absolute Gasteiger partial charge is 0.319 e. The van der Waals surface area contributed by atoms with Crippen LogP contribution in [0.1, 0.15) is 28.5 Å². The van der Waals surface area contributed by atoms with Crippen molar-refractivity contribution >= 4 is 11.8 Å². The van der Waals surface area contributed by atoms with Crippen molar-refractivity contribution in [1.82, 2.24) is 15.2 Å². The van der Waals surface area contributed by atoms with Crippen molar-refractivity contribution in [1.29, 1.82) is 0 Å². The fourth-order valence-corrected chi connectivity index (χ4v) is 3.76. The van der Waals surface area contributed by atoms with Gasteiger partial charge in [-0.25, -0.2) is 13.6 Å². The quantitative estimate of drug-likeness (QED) is 0.653. The Morgan fingerprint density at radius 1 is 1.00 bits per heavy atom. The number of carbonyl (C=O) groups excluding carboxylic acids is 2. The maximum absolute atomic E-state index is 13.5. The van der Waals surface area contributed by atoms with Gasteiger partial charge < -0.3 is 10.2 Å². The van der Waals surface area contributed by atoms with Crippen LogP contribution in [-0.4, -0.2) is 34.3 Å². The lowest BCUT2D eigenvalue weighted by atomic mass is 9.83. The molecule has 1 aliphatic rings. The normalized spacial score (nSPS) is 16.2. The van der Waals surface area contributed by atoms with Crippen molar-refractivity contribution in [3.8, 4) is 0 Å². The van der Waals surface area contributed by atoms with E-state index in [1.165, 1.54) is 35.4 Å². The van der Waals surface area contributed by atoms with Crippen molar-refractivity contribution in [2.24, 2.45) is 0 Å². The topological polar surface area (TPSA) is 62.3 Å². The third-order valence-corrected chi connectivity index (χ3v) is 5.43. The second kappa shape index (κ2) is 7.67. The summed E-state index contributed by atoms with van der Waals surface area (Å²) in [7, 11) is 0. The summed E-state index contributed by atoms with van der Waals surface area (Å²) < 4.78 is 27.1. The summed E-state index contributed by atoms with van der Waals surface area (Å²) in [5.74, 6) is -1.11. The van der Waals surface area contributed by atoms with E-state index in [0.717, 1.165) is 0 Å². The highest BCUT2D eigenvalue weighted by molar-refractivity contribution is 6.00. The van der Waals surface area contributed by atoms with Gasteiger partial charge in [0.25, 0.3) is 0 Å². The first-order valence-electron chi connectivity index (χ1n) is 9.47. The van der Waals surface area contributed by atoms with Crippen LogP contribution < -0.4 is 5.32 Å². The Balaban J connectivity index is 1.73. The highest BCUT2D eigenvalue weighted by atomic mass is 19.1. The van der Waals surface area contributed by atoms with E-state index in [1.54, 1.807) is 49.4 Å². The Hall–Kier alpha value is -3.61. The van der Waals surface area contributed by atoms with Gasteiger partial charge in [0.05, 0.1) is 12.6 Å². The molecule has 1 unspecified atom stereocenters. The predicted octanol–water partition coefficient (Wildman–Crippen LogP) is 3.90. The third kappa shape index (κ3) is 3.43. The SMILES string of the molecule is CC(C(=O)c1ccccn1)N1CC(c2ccc(F)cc2)(c2ccc(F)cc2)NC1=O. The number of hydrogen-bond acceptors (Lipinski definition) is 3. The maximum Gasteiger partial charge on any atom is 0.319 e. The van der Waals surface area contributed by atoms with Crippen molar-refractivity contribution in [2.45, 2.75) is 18.5 Å². The molecule has 0 bridgehead atoms. The van der Waals surface area contributed by atoms with E-state index in [9.17, 15) is 18.4 Å². The highest BCUT2D eigenvalue weighted by Gasteiger charge is 2.47. The molecule has 2 aromatic carbocycles. The van der Waals surface area contributed by atoms with E-state index in [1.807, 2.05) is 0 Å². The number of nitrogens with zero attached hydrogens (tertiary/aromatic N) is 2. The first-order valence-corrected chi connectivity index (χ1v) is 9.47. The van der Waals surface area contributed by atoms with Crippen LogP contribution in [0, 0.1) is 11.6 Å². The van der Waals surface area contributed by atoms with Crippen LogP contribution in [0.15, 0.2) is 72.9 Å². The van der Waals surface area contributed by atoms with Gasteiger partial charge in [-0.2, -0.15) is 0 Å². The second-order valence-electron chi connectivity index (χ2n) is 7.23. The van der Waals surface area contributed by atoms with Gasteiger partial charge in [0.1, 0.15) is 22.9 Å². The van der Waals surface area contributed by atoms with Crippen LogP contribution in [0.5, 0.6) is 0 Å². The standard InChI is InChI=1S/C23H19F2N3O2/c1-15(21(29)20-4-2-3-13-26-20)28-14-23(27-22(28)30,16-5-9-18(24)10-6-16)17-7-11-19(25)12-8-17/h2-13,15H,14H2,1H3,(H,27,30). The maximum atomic E-state index is 13.5. The first kappa shape index (κ1) is 19.7. The molecule has 0 saturated carbocycles. The molecule has 152 valence electrons. The summed E-state index contributed by atoms with van der Waals surface area (Å²) in [6.45, 7) is 1.75. The largest absolute Gasteiger partial charge is 0.323 e. The van der Waals surface area contributed by atoms with Crippen molar-refractivity contribution in [3.63, 3.8) is 0 Å². The predicted molar refractivity (Wildman–Crippen MR) is 107 cm³/mol. The summed E-state index contributed by atoms with van der Waals surface area (Å²) in [4.78, 5) is 31.3. The Bertz CT molecular complexity index is 1020. The van der Waals surface area contributed by atoms with Gasteiger partial charge in [-0.15, -0.1) is 0 Å². The molecule has 1 fully saturated rings. The molecule has 1 aliphatic heterocycles. The fraction of sp³-hybridized carbons (Fsp3) is 0.174. The molecule has 7 heteroatoms. The minimum atomic E-state index is -1.06. The molecule has 1 saturated heterocycles. The Labute approximate surface area is 172 Å². The molecule has 5 nitrogen and oxygen atoms in total. The molecule has 1 aromatic heterocycles. The molecule has 4 rings (SSSR count). The summed E-state index contributed by atoms with van der Waals surface area (Å²) in [5, 5.41) is 2.95. The van der Waals surface area contributed by atoms with Gasteiger partial charge in [0, 0.05) is 6.20 Å². The zero-order valence-corrected chi connectivity index (χ0v) is 16.2. The van der Waals surface area contributed by atoms with Crippen molar-refractivity contribution in [2.75, 3.05) is 6.54 Å². The lowest BCUT2D eigenvalue weighted by Gasteiger charge is -2.31. The number of amides is 2. The Kier molecular flexibility index (Phi) is 5.03. The van der Waals surface area contributed by atoms with Crippen molar-refractivity contribution in [3.05, 3.63) is 101 Å². The van der Waals surface area contributed by atoms with Crippen LogP contribution in [-0.2, 0) is 5.54 Å². The van der Waals surface area contributed by atoms with Gasteiger partial charge >= 0.3 is 6.03 Å². The number of ketones is 1. The van der Waals surface area contributed by atoms with Crippen LogP contribution in [0.3, 0.4) is 0 Å². The van der Waals surface area contributed by atoms with E-state index < -0.39 is 29.2 Å². The van der Waals surface area contributed by atoms with Gasteiger partial charge in [-0.05, 0) is 54.4 Å². The molecule has 0 radical (unpaired) electrons. The number of aromatic nitrogens is 1. The third-order valence-electron chi connectivity index (χ3n) is 5.43. The highest BCUT2D eigenvalue weighted by Crippen LogP contribution is 2.36. The van der Waals surface area contributed by atoms with Gasteiger partial charge in [0.2, 0.25) is 5.78 Å². The average molecular weight is 407 g/mol. The number of halogens is 2. The molecular weight excluding hydrogens is 388 g/mol. The van der Waals surface area contributed by atoms with Crippen LogP contribution >= 0.6 is 0 Å². The molecular formula is C23H19F2N3O2. The molecule has 1 N–H and O–H groups in total. The molecule has 1 atom stereocenters. The average Bonchev–Trinajstić information content (AvgIpc) is 3.12. The van der Waals surface area contributed by atoms with Gasteiger partial charge in [-0.1, -0.05) is 30.3 Å². The van der Waals surface area contributed by atoms with E-state index in [2.05, 4.69) is 10.3 Å². The van der Waals surface area contributed by atoms with Crippen LogP contribution in [0.25, 0.3) is 0 Å². The van der Waals surface area contributed by atoms with E-state index in [0.29, 0.717) is 11.1 Å². The monoisotopic (exact) mass is 407 g/mol. The zero-order chi connectivity index (χ0) is 21.3. The number of pyridine rings is 1. The van der Waals surface area contributed by atoms with E-state index in [4.69, 9.17) is 0 Å².